The lowest BCUT2D eigenvalue weighted by molar-refractivity contribution is -0.134. The zero-order chi connectivity index (χ0) is 13.3. The van der Waals surface area contributed by atoms with Gasteiger partial charge in [-0.15, -0.1) is 0 Å². The first kappa shape index (κ1) is 14.4. The Morgan fingerprint density at radius 2 is 1.71 bits per heavy atom. The molecule has 0 amide bonds. The van der Waals surface area contributed by atoms with Gasteiger partial charge in [0.1, 0.15) is 15.6 Å². The average Bonchev–Trinajstić information content (AvgIpc) is 2.14. The summed E-state index contributed by atoms with van der Waals surface area (Å²) in [6.45, 7) is 0. The van der Waals surface area contributed by atoms with Crippen LogP contribution in [0.25, 0.3) is 0 Å². The SMILES string of the molecule is CS(=O)(=O)C1CCCC(S(=O)(=O)CC(=O)O)C1. The Bertz CT molecular complexity index is 490. The van der Waals surface area contributed by atoms with Gasteiger partial charge in [-0.2, -0.15) is 0 Å². The second-order valence-electron chi connectivity index (χ2n) is 4.44. The van der Waals surface area contributed by atoms with Crippen molar-refractivity contribution in [3.05, 3.63) is 0 Å². The molecule has 2 atom stereocenters. The van der Waals surface area contributed by atoms with Crippen LogP contribution in [0, 0.1) is 0 Å². The van der Waals surface area contributed by atoms with Crippen molar-refractivity contribution < 1.29 is 26.7 Å². The maximum Gasteiger partial charge on any atom is 0.318 e. The van der Waals surface area contributed by atoms with Crippen LogP contribution in [0.5, 0.6) is 0 Å². The van der Waals surface area contributed by atoms with Gasteiger partial charge in [0.25, 0.3) is 0 Å². The zero-order valence-electron chi connectivity index (χ0n) is 9.50. The van der Waals surface area contributed by atoms with E-state index in [4.69, 9.17) is 5.11 Å². The molecule has 1 saturated carbocycles. The van der Waals surface area contributed by atoms with Gasteiger partial charge in [-0.05, 0) is 19.3 Å². The highest BCUT2D eigenvalue weighted by Gasteiger charge is 2.36. The predicted molar refractivity (Wildman–Crippen MR) is 62.3 cm³/mol. The largest absolute Gasteiger partial charge is 0.480 e. The fourth-order valence-electron chi connectivity index (χ4n) is 2.11. The van der Waals surface area contributed by atoms with Gasteiger partial charge in [0.05, 0.1) is 10.5 Å². The highest BCUT2D eigenvalue weighted by molar-refractivity contribution is 7.93. The van der Waals surface area contributed by atoms with Crippen LogP contribution in [-0.2, 0) is 24.5 Å². The van der Waals surface area contributed by atoms with E-state index in [-0.39, 0.29) is 6.42 Å². The Labute approximate surface area is 101 Å². The summed E-state index contributed by atoms with van der Waals surface area (Å²) in [5.41, 5.74) is 0. The van der Waals surface area contributed by atoms with Gasteiger partial charge in [0.15, 0.2) is 9.84 Å². The molecule has 0 aromatic rings. The Balaban J connectivity index is 2.84. The summed E-state index contributed by atoms with van der Waals surface area (Å²) in [6, 6.07) is 0. The van der Waals surface area contributed by atoms with Crippen LogP contribution in [0.2, 0.25) is 0 Å². The molecule has 0 aromatic carbocycles. The molecule has 0 aliphatic heterocycles. The van der Waals surface area contributed by atoms with Crippen molar-refractivity contribution in [2.45, 2.75) is 36.2 Å². The van der Waals surface area contributed by atoms with Gasteiger partial charge < -0.3 is 5.11 Å². The van der Waals surface area contributed by atoms with E-state index in [0.29, 0.717) is 19.3 Å². The van der Waals surface area contributed by atoms with Crippen molar-refractivity contribution in [2.75, 3.05) is 12.0 Å². The first-order valence-corrected chi connectivity index (χ1v) is 8.92. The summed E-state index contributed by atoms with van der Waals surface area (Å²) in [5, 5.41) is 7.01. The molecule has 1 N–H and O–H groups in total. The molecule has 0 saturated heterocycles. The molecule has 0 heterocycles. The molecular formula is C9H16O6S2. The van der Waals surface area contributed by atoms with Crippen molar-refractivity contribution in [1.82, 2.24) is 0 Å². The molecule has 6 nitrogen and oxygen atoms in total. The molecule has 0 aromatic heterocycles. The Morgan fingerprint density at radius 1 is 1.18 bits per heavy atom. The van der Waals surface area contributed by atoms with Crippen LogP contribution in [0.15, 0.2) is 0 Å². The fraction of sp³-hybridized carbons (Fsp3) is 0.889. The second kappa shape index (κ2) is 4.93. The van der Waals surface area contributed by atoms with Gasteiger partial charge in [-0.25, -0.2) is 16.8 Å². The van der Waals surface area contributed by atoms with Crippen molar-refractivity contribution in [2.24, 2.45) is 0 Å². The van der Waals surface area contributed by atoms with Crippen LogP contribution in [0.1, 0.15) is 25.7 Å². The predicted octanol–water partition coefficient (Wildman–Crippen LogP) is -0.158. The van der Waals surface area contributed by atoms with Crippen molar-refractivity contribution in [3.63, 3.8) is 0 Å². The average molecular weight is 284 g/mol. The molecule has 8 heteroatoms. The zero-order valence-corrected chi connectivity index (χ0v) is 11.1. The first-order chi connectivity index (χ1) is 7.63. The third kappa shape index (κ3) is 3.95. The van der Waals surface area contributed by atoms with E-state index in [9.17, 15) is 21.6 Å². The number of carboxylic acid groups (broad SMARTS) is 1. The number of hydrogen-bond acceptors (Lipinski definition) is 5. The van der Waals surface area contributed by atoms with Gasteiger partial charge in [-0.3, -0.25) is 4.79 Å². The third-order valence-corrected chi connectivity index (χ3v) is 6.75. The maximum atomic E-state index is 11.7. The fourth-order valence-corrected chi connectivity index (χ4v) is 5.04. The monoisotopic (exact) mass is 284 g/mol. The Hall–Kier alpha value is -0.630. The molecular weight excluding hydrogens is 268 g/mol. The van der Waals surface area contributed by atoms with Crippen LogP contribution in [0.4, 0.5) is 0 Å². The van der Waals surface area contributed by atoms with E-state index in [0.717, 1.165) is 6.26 Å². The third-order valence-electron chi connectivity index (χ3n) is 3.02. The van der Waals surface area contributed by atoms with Crippen molar-refractivity contribution in [3.8, 4) is 0 Å². The van der Waals surface area contributed by atoms with E-state index < -0.39 is 41.9 Å². The van der Waals surface area contributed by atoms with Gasteiger partial charge >= 0.3 is 5.97 Å². The highest BCUT2D eigenvalue weighted by Crippen LogP contribution is 2.28. The lowest BCUT2D eigenvalue weighted by Gasteiger charge is -2.27. The molecule has 1 rings (SSSR count). The lowest BCUT2D eigenvalue weighted by atomic mass is 10.00. The molecule has 1 aliphatic carbocycles. The number of rotatable bonds is 4. The van der Waals surface area contributed by atoms with E-state index in [1.807, 2.05) is 0 Å². The molecule has 2 unspecified atom stereocenters. The first-order valence-electron chi connectivity index (χ1n) is 5.25. The van der Waals surface area contributed by atoms with E-state index in [1.54, 1.807) is 0 Å². The topological polar surface area (TPSA) is 106 Å². The molecule has 1 aliphatic rings. The summed E-state index contributed by atoms with van der Waals surface area (Å²) in [7, 11) is -7.00. The number of aliphatic carboxylic acids is 1. The molecule has 0 spiro atoms. The lowest BCUT2D eigenvalue weighted by Crippen LogP contribution is -2.37. The number of hydrogen-bond donors (Lipinski definition) is 1. The Morgan fingerprint density at radius 3 is 2.18 bits per heavy atom. The molecule has 0 radical (unpaired) electrons. The summed E-state index contributed by atoms with van der Waals surface area (Å²) < 4.78 is 46.1. The van der Waals surface area contributed by atoms with Crippen LogP contribution in [-0.4, -0.2) is 50.4 Å². The minimum atomic E-state index is -3.74. The standard InChI is InChI=1S/C9H16O6S2/c1-16(12,13)7-3-2-4-8(5-7)17(14,15)6-9(10)11/h7-8H,2-6H2,1H3,(H,10,11). The van der Waals surface area contributed by atoms with Crippen LogP contribution in [0.3, 0.4) is 0 Å². The minimum Gasteiger partial charge on any atom is -0.480 e. The van der Waals surface area contributed by atoms with E-state index in [2.05, 4.69) is 0 Å². The smallest absolute Gasteiger partial charge is 0.318 e. The molecule has 0 bridgehead atoms. The quantitative estimate of drug-likeness (QED) is 0.769. The minimum absolute atomic E-state index is 0.0223. The second-order valence-corrected chi connectivity index (χ2v) is 9.05. The van der Waals surface area contributed by atoms with Gasteiger partial charge in [0, 0.05) is 6.26 Å². The number of sulfone groups is 2. The molecule has 17 heavy (non-hydrogen) atoms. The van der Waals surface area contributed by atoms with Crippen LogP contribution >= 0.6 is 0 Å². The number of carbonyl (C=O) groups is 1. The maximum absolute atomic E-state index is 11.7. The van der Waals surface area contributed by atoms with Crippen molar-refractivity contribution in [1.29, 1.82) is 0 Å². The molecule has 100 valence electrons. The van der Waals surface area contributed by atoms with E-state index >= 15 is 0 Å². The summed E-state index contributed by atoms with van der Waals surface area (Å²) in [4.78, 5) is 10.4. The van der Waals surface area contributed by atoms with Crippen LogP contribution < -0.4 is 0 Å². The number of carboxylic acids is 1. The summed E-state index contributed by atoms with van der Waals surface area (Å²) in [5.74, 6) is -2.32. The highest BCUT2D eigenvalue weighted by atomic mass is 32.2. The van der Waals surface area contributed by atoms with E-state index in [1.165, 1.54) is 0 Å². The summed E-state index contributed by atoms with van der Waals surface area (Å²) >= 11 is 0. The molecule has 1 fully saturated rings. The summed E-state index contributed by atoms with van der Waals surface area (Å²) in [6.07, 6.45) is 2.42. The Kier molecular flexibility index (Phi) is 4.19. The normalized spacial score (nSPS) is 26.6. The van der Waals surface area contributed by atoms with Crippen molar-refractivity contribution >= 4 is 25.6 Å². The van der Waals surface area contributed by atoms with Gasteiger partial charge in [-0.1, -0.05) is 6.42 Å². The van der Waals surface area contributed by atoms with Gasteiger partial charge in [0.2, 0.25) is 0 Å².